The van der Waals surface area contributed by atoms with Crippen LogP contribution in [0.1, 0.15) is 60.4 Å². The Labute approximate surface area is 323 Å². The number of aldehydes is 1. The number of ether oxygens (including phenoxy) is 1. The van der Waals surface area contributed by atoms with Crippen molar-refractivity contribution in [3.8, 4) is 0 Å². The highest BCUT2D eigenvalue weighted by atomic mass is 19.1. The normalized spacial score (nSPS) is 13.4. The molecule has 0 spiro atoms. The highest BCUT2D eigenvalue weighted by Crippen LogP contribution is 2.27. The number of benzene rings is 3. The Morgan fingerprint density at radius 2 is 1.68 bits per heavy atom. The number of nitrogens with zero attached hydrogens (tertiary/aromatic N) is 6. The minimum atomic E-state index is -0.573. The van der Waals surface area contributed by atoms with E-state index >= 15 is 4.39 Å². The first-order valence-electron chi connectivity index (χ1n) is 18.6. The van der Waals surface area contributed by atoms with E-state index in [4.69, 9.17) is 4.74 Å². The summed E-state index contributed by atoms with van der Waals surface area (Å²) < 4.78 is 24.0. The van der Waals surface area contributed by atoms with E-state index in [2.05, 4.69) is 20.9 Å². The minimum absolute atomic E-state index is 0.0193. The zero-order chi connectivity index (χ0) is 39.8. The predicted octanol–water partition coefficient (Wildman–Crippen LogP) is 5.11. The maximum atomic E-state index is 15.2. The van der Waals surface area contributed by atoms with Crippen molar-refractivity contribution in [3.05, 3.63) is 118 Å². The number of carbonyl (C=O) groups is 4. The van der Waals surface area contributed by atoms with Gasteiger partial charge in [-0.1, -0.05) is 61.5 Å². The quantitative estimate of drug-likeness (QED) is 0.147. The van der Waals surface area contributed by atoms with Crippen molar-refractivity contribution in [2.24, 2.45) is 5.92 Å². The van der Waals surface area contributed by atoms with Crippen LogP contribution in [0.25, 0.3) is 10.9 Å². The van der Waals surface area contributed by atoms with Crippen LogP contribution in [-0.4, -0.2) is 74.8 Å². The monoisotopic (exact) mass is 764 g/mol. The number of fused-ring (bicyclic) bond motifs is 1. The van der Waals surface area contributed by atoms with Crippen LogP contribution in [0.2, 0.25) is 0 Å². The molecule has 1 unspecified atom stereocenters. The Morgan fingerprint density at radius 1 is 0.946 bits per heavy atom. The third kappa shape index (κ3) is 9.46. The number of piperazine rings is 1. The van der Waals surface area contributed by atoms with Crippen LogP contribution < -0.4 is 21.0 Å². The van der Waals surface area contributed by atoms with E-state index < -0.39 is 17.3 Å². The second-order valence-corrected chi connectivity index (χ2v) is 14.0. The van der Waals surface area contributed by atoms with Crippen molar-refractivity contribution in [2.75, 3.05) is 36.4 Å². The summed E-state index contributed by atoms with van der Waals surface area (Å²) in [5.74, 6) is -0.926. The first-order chi connectivity index (χ1) is 27.0. The summed E-state index contributed by atoms with van der Waals surface area (Å²) in [4.78, 5) is 65.8. The van der Waals surface area contributed by atoms with Gasteiger partial charge in [-0.05, 0) is 54.7 Å². The van der Waals surface area contributed by atoms with Crippen LogP contribution in [0.3, 0.4) is 0 Å². The summed E-state index contributed by atoms with van der Waals surface area (Å²) in [6.45, 7) is 7.59. The average Bonchev–Trinajstić information content (AvgIpc) is 3.66. The number of rotatable bonds is 14. The highest BCUT2D eigenvalue weighted by molar-refractivity contribution is 5.90. The zero-order valence-corrected chi connectivity index (χ0v) is 31.6. The lowest BCUT2D eigenvalue weighted by Crippen LogP contribution is -2.49. The van der Waals surface area contributed by atoms with Gasteiger partial charge in [-0.25, -0.2) is 13.9 Å². The third-order valence-electron chi connectivity index (χ3n) is 9.77. The molecule has 1 saturated heterocycles. The van der Waals surface area contributed by atoms with E-state index in [1.807, 2.05) is 56.0 Å². The van der Waals surface area contributed by atoms with Gasteiger partial charge in [0.2, 0.25) is 11.8 Å². The van der Waals surface area contributed by atoms with Crippen LogP contribution in [0.4, 0.5) is 20.6 Å². The Hall–Kier alpha value is -6.38. The van der Waals surface area contributed by atoms with Gasteiger partial charge >= 0.3 is 6.09 Å². The Balaban J connectivity index is 0.953. The van der Waals surface area contributed by atoms with Gasteiger partial charge in [0, 0.05) is 56.4 Å². The van der Waals surface area contributed by atoms with Crippen molar-refractivity contribution in [1.29, 1.82) is 0 Å². The fourth-order valence-corrected chi connectivity index (χ4v) is 6.67. The van der Waals surface area contributed by atoms with E-state index in [0.29, 0.717) is 74.4 Å². The number of hydrogen-bond donors (Lipinski definition) is 2. The second-order valence-electron chi connectivity index (χ2n) is 14.0. The third-order valence-corrected chi connectivity index (χ3v) is 9.77. The van der Waals surface area contributed by atoms with Gasteiger partial charge in [0.05, 0.1) is 29.0 Å². The molecule has 292 valence electrons. The first kappa shape index (κ1) is 39.3. The number of aromatic nitrogens is 4. The van der Waals surface area contributed by atoms with E-state index in [0.717, 1.165) is 11.1 Å². The van der Waals surface area contributed by atoms with Crippen LogP contribution in [0.5, 0.6) is 0 Å². The van der Waals surface area contributed by atoms with E-state index in [-0.39, 0.29) is 47.9 Å². The lowest BCUT2D eigenvalue weighted by molar-refractivity contribution is -0.122. The zero-order valence-electron chi connectivity index (χ0n) is 31.6. The number of halogens is 1. The van der Waals surface area contributed by atoms with E-state index in [1.54, 1.807) is 46.0 Å². The lowest BCUT2D eigenvalue weighted by atomic mass is 10.0. The molecule has 3 aromatic carbocycles. The Morgan fingerprint density at radius 3 is 2.36 bits per heavy atom. The molecule has 5 aromatic rings. The molecule has 1 atom stereocenters. The van der Waals surface area contributed by atoms with E-state index in [1.165, 1.54) is 16.9 Å². The van der Waals surface area contributed by atoms with Crippen molar-refractivity contribution in [1.82, 2.24) is 29.8 Å². The number of amides is 3. The SMILES string of the molecule is CCn1cc(C=O)c(=O)c2cc(F)c(N3CCN(C(=O)OCc4ccc(NC(=O)Cn5cc(C(NC(=O)CCc6ccccc6)C(C)C)nn5)cc4)CC3)cc21. The van der Waals surface area contributed by atoms with Gasteiger partial charge in [0.15, 0.2) is 11.7 Å². The molecule has 1 aliphatic heterocycles. The summed E-state index contributed by atoms with van der Waals surface area (Å²) >= 11 is 0. The lowest BCUT2D eigenvalue weighted by Gasteiger charge is -2.35. The molecule has 3 heterocycles. The van der Waals surface area contributed by atoms with Crippen LogP contribution in [0, 0.1) is 11.7 Å². The minimum Gasteiger partial charge on any atom is -0.445 e. The molecular weight excluding hydrogens is 719 g/mol. The molecule has 1 aliphatic rings. The molecule has 15 heteroatoms. The van der Waals surface area contributed by atoms with Crippen LogP contribution >= 0.6 is 0 Å². The summed E-state index contributed by atoms with van der Waals surface area (Å²) in [6.07, 6.45) is 4.10. The summed E-state index contributed by atoms with van der Waals surface area (Å²) in [5.41, 5.74) is 3.25. The Kier molecular flexibility index (Phi) is 12.5. The number of pyridine rings is 1. The molecule has 1 fully saturated rings. The smallest absolute Gasteiger partial charge is 0.410 e. The number of carbonyl (C=O) groups excluding carboxylic acids is 4. The maximum Gasteiger partial charge on any atom is 0.410 e. The molecule has 56 heavy (non-hydrogen) atoms. The van der Waals surface area contributed by atoms with Crippen LogP contribution in [-0.2, 0) is 40.4 Å². The molecule has 0 saturated carbocycles. The molecule has 3 amide bonds. The number of hydrogen-bond acceptors (Lipinski definition) is 9. The second kappa shape index (κ2) is 17.8. The van der Waals surface area contributed by atoms with Crippen molar-refractivity contribution in [3.63, 3.8) is 0 Å². The summed E-state index contributed by atoms with van der Waals surface area (Å²) in [7, 11) is 0. The number of nitrogens with one attached hydrogen (secondary N) is 2. The summed E-state index contributed by atoms with van der Waals surface area (Å²) in [6, 6.07) is 19.2. The average molecular weight is 765 g/mol. The predicted molar refractivity (Wildman–Crippen MR) is 209 cm³/mol. The van der Waals surface area contributed by atoms with Gasteiger partial charge < -0.3 is 29.7 Å². The van der Waals surface area contributed by atoms with Gasteiger partial charge in [0.25, 0.3) is 0 Å². The number of anilines is 2. The number of aryl methyl sites for hydroxylation is 2. The maximum absolute atomic E-state index is 15.2. The molecule has 2 aromatic heterocycles. The van der Waals surface area contributed by atoms with Crippen molar-refractivity contribution in [2.45, 2.75) is 59.4 Å². The highest BCUT2D eigenvalue weighted by Gasteiger charge is 2.26. The topological polar surface area (TPSA) is 161 Å². The molecule has 14 nitrogen and oxygen atoms in total. The van der Waals surface area contributed by atoms with Gasteiger partial charge in [0.1, 0.15) is 24.7 Å². The van der Waals surface area contributed by atoms with Crippen molar-refractivity contribution < 1.29 is 28.3 Å². The molecule has 0 radical (unpaired) electrons. The largest absolute Gasteiger partial charge is 0.445 e. The van der Waals surface area contributed by atoms with Crippen molar-refractivity contribution >= 4 is 46.5 Å². The fourth-order valence-electron chi connectivity index (χ4n) is 6.67. The molecule has 0 bridgehead atoms. The summed E-state index contributed by atoms with van der Waals surface area (Å²) in [5, 5.41) is 14.4. The fraction of sp³-hybridized carbons (Fsp3) is 0.341. The van der Waals surface area contributed by atoms with E-state index in [9.17, 15) is 24.0 Å². The van der Waals surface area contributed by atoms with Gasteiger partial charge in [-0.2, -0.15) is 0 Å². The van der Waals surface area contributed by atoms with Gasteiger partial charge in [-0.15, -0.1) is 5.10 Å². The van der Waals surface area contributed by atoms with Gasteiger partial charge in [-0.3, -0.25) is 19.2 Å². The van der Waals surface area contributed by atoms with Crippen LogP contribution in [0.15, 0.2) is 83.9 Å². The molecular formula is C41H45FN8O6. The first-order valence-corrected chi connectivity index (χ1v) is 18.6. The molecule has 0 aliphatic carbocycles. The Bertz CT molecular complexity index is 2250. The molecule has 2 N–H and O–H groups in total. The molecule has 6 rings (SSSR count). The standard InChI is InChI=1S/C41H45FN8O6/c1-4-47-22-30(25-51)40(54)32-20-33(42)36(21-35(32)47)48-16-18-49(19-17-48)41(55)56-26-29-10-13-31(14-11-29)43-38(53)24-50-23-34(45-46-50)39(27(2)3)44-37(52)15-12-28-8-6-5-7-9-28/h5-11,13-14,20-23,25,27,39H,4,12,15-19,24,26H2,1-3H3,(H,43,53)(H,44,52).